The summed E-state index contributed by atoms with van der Waals surface area (Å²) in [7, 11) is 0. The molecule has 1 unspecified atom stereocenters. The van der Waals surface area contributed by atoms with Crippen molar-refractivity contribution in [2.75, 3.05) is 19.8 Å². The van der Waals surface area contributed by atoms with Crippen molar-refractivity contribution >= 4 is 6.29 Å². The average Bonchev–Trinajstić information content (AvgIpc) is 3.31. The second-order valence-electron chi connectivity index (χ2n) is 5.00. The van der Waals surface area contributed by atoms with E-state index in [0.29, 0.717) is 23.7 Å². The SMILES string of the molecule is O=Cc1cc(OC2CCCCO2)ccc1OC[C@H]1CO1. The lowest BCUT2D eigenvalue weighted by Crippen LogP contribution is -2.25. The van der Waals surface area contributed by atoms with Crippen molar-refractivity contribution in [3.8, 4) is 11.5 Å². The van der Waals surface area contributed by atoms with Gasteiger partial charge in [-0.05, 0) is 31.0 Å². The van der Waals surface area contributed by atoms with Gasteiger partial charge in [0.25, 0.3) is 0 Å². The Morgan fingerprint density at radius 2 is 2.20 bits per heavy atom. The third-order valence-corrected chi connectivity index (χ3v) is 3.34. The third-order valence-electron chi connectivity index (χ3n) is 3.34. The van der Waals surface area contributed by atoms with E-state index in [1.807, 2.05) is 0 Å². The largest absolute Gasteiger partial charge is 0.490 e. The van der Waals surface area contributed by atoms with E-state index in [1.54, 1.807) is 18.2 Å². The second kappa shape index (κ2) is 6.24. The molecule has 1 aromatic rings. The van der Waals surface area contributed by atoms with Crippen LogP contribution in [0.3, 0.4) is 0 Å². The molecule has 2 aliphatic heterocycles. The second-order valence-corrected chi connectivity index (χ2v) is 5.00. The average molecular weight is 278 g/mol. The molecule has 2 heterocycles. The molecule has 5 nitrogen and oxygen atoms in total. The molecule has 2 saturated heterocycles. The van der Waals surface area contributed by atoms with E-state index >= 15 is 0 Å². The standard InChI is InChI=1S/C15H18O5/c16-8-11-7-12(20-15-3-1-2-6-17-15)4-5-14(11)19-10-13-9-18-13/h4-5,7-8,13,15H,1-3,6,9-10H2/t13-,15?/m1/s1. The lowest BCUT2D eigenvalue weighted by molar-refractivity contribution is -0.105. The molecule has 0 radical (unpaired) electrons. The maximum atomic E-state index is 11.1. The molecule has 2 fully saturated rings. The molecule has 3 rings (SSSR count). The Morgan fingerprint density at radius 3 is 2.90 bits per heavy atom. The van der Waals surface area contributed by atoms with Crippen LogP contribution in [0.4, 0.5) is 0 Å². The molecular weight excluding hydrogens is 260 g/mol. The minimum absolute atomic E-state index is 0.168. The number of hydrogen-bond acceptors (Lipinski definition) is 5. The first-order valence-corrected chi connectivity index (χ1v) is 6.97. The molecule has 108 valence electrons. The van der Waals surface area contributed by atoms with Crippen LogP contribution in [-0.2, 0) is 9.47 Å². The zero-order valence-corrected chi connectivity index (χ0v) is 11.2. The Morgan fingerprint density at radius 1 is 1.30 bits per heavy atom. The quantitative estimate of drug-likeness (QED) is 0.589. The molecular formula is C15H18O5. The highest BCUT2D eigenvalue weighted by Crippen LogP contribution is 2.26. The third kappa shape index (κ3) is 3.49. The van der Waals surface area contributed by atoms with E-state index in [9.17, 15) is 4.79 Å². The van der Waals surface area contributed by atoms with Crippen LogP contribution in [0.15, 0.2) is 18.2 Å². The number of carbonyl (C=O) groups excluding carboxylic acids is 1. The van der Waals surface area contributed by atoms with E-state index in [-0.39, 0.29) is 12.4 Å². The topological polar surface area (TPSA) is 57.3 Å². The van der Waals surface area contributed by atoms with Crippen LogP contribution in [0.5, 0.6) is 11.5 Å². The van der Waals surface area contributed by atoms with Crippen molar-refractivity contribution in [3.05, 3.63) is 23.8 Å². The van der Waals surface area contributed by atoms with Crippen molar-refractivity contribution in [1.82, 2.24) is 0 Å². The van der Waals surface area contributed by atoms with Crippen molar-refractivity contribution in [3.63, 3.8) is 0 Å². The summed E-state index contributed by atoms with van der Waals surface area (Å²) in [6.07, 6.45) is 3.80. The summed E-state index contributed by atoms with van der Waals surface area (Å²) in [5.74, 6) is 1.20. The van der Waals surface area contributed by atoms with Gasteiger partial charge in [0.05, 0.1) is 18.8 Å². The molecule has 0 aliphatic carbocycles. The van der Waals surface area contributed by atoms with E-state index < -0.39 is 0 Å². The number of carbonyl (C=O) groups is 1. The van der Waals surface area contributed by atoms with Gasteiger partial charge in [-0.2, -0.15) is 0 Å². The van der Waals surface area contributed by atoms with E-state index in [4.69, 9.17) is 18.9 Å². The first kappa shape index (κ1) is 13.4. The van der Waals surface area contributed by atoms with Gasteiger partial charge in [-0.25, -0.2) is 0 Å². The summed E-state index contributed by atoms with van der Waals surface area (Å²) in [6, 6.07) is 5.24. The molecule has 2 atom stereocenters. The van der Waals surface area contributed by atoms with E-state index in [0.717, 1.165) is 38.8 Å². The molecule has 5 heteroatoms. The number of benzene rings is 1. The van der Waals surface area contributed by atoms with Crippen LogP contribution in [0, 0.1) is 0 Å². The maximum absolute atomic E-state index is 11.1. The molecule has 0 saturated carbocycles. The first-order valence-electron chi connectivity index (χ1n) is 6.97. The van der Waals surface area contributed by atoms with Gasteiger partial charge in [0.2, 0.25) is 0 Å². The fourth-order valence-corrected chi connectivity index (χ4v) is 2.13. The molecule has 2 aliphatic rings. The fraction of sp³-hybridized carbons (Fsp3) is 0.533. The summed E-state index contributed by atoms with van der Waals surface area (Å²) in [5.41, 5.74) is 0.485. The fourth-order valence-electron chi connectivity index (χ4n) is 2.13. The number of aldehydes is 1. The van der Waals surface area contributed by atoms with Crippen LogP contribution < -0.4 is 9.47 Å². The minimum atomic E-state index is -0.213. The first-order chi connectivity index (χ1) is 9.85. The Balaban J connectivity index is 1.63. The zero-order chi connectivity index (χ0) is 13.8. The Bertz CT molecular complexity index is 463. The number of epoxide rings is 1. The normalized spacial score (nSPS) is 25.0. The molecule has 1 aromatic carbocycles. The van der Waals surface area contributed by atoms with Crippen LogP contribution in [0.1, 0.15) is 29.6 Å². The van der Waals surface area contributed by atoms with Gasteiger partial charge in [0.1, 0.15) is 24.2 Å². The van der Waals surface area contributed by atoms with Gasteiger partial charge in [-0.1, -0.05) is 0 Å². The smallest absolute Gasteiger partial charge is 0.199 e. The van der Waals surface area contributed by atoms with Crippen LogP contribution in [0.2, 0.25) is 0 Å². The van der Waals surface area contributed by atoms with Gasteiger partial charge in [0.15, 0.2) is 12.6 Å². The minimum Gasteiger partial charge on any atom is -0.490 e. The van der Waals surface area contributed by atoms with Crippen LogP contribution in [0.25, 0.3) is 0 Å². The maximum Gasteiger partial charge on any atom is 0.199 e. The summed E-state index contributed by atoms with van der Waals surface area (Å²) in [5, 5.41) is 0. The molecule has 0 aromatic heterocycles. The highest BCUT2D eigenvalue weighted by atomic mass is 16.7. The molecule has 0 N–H and O–H groups in total. The Kier molecular flexibility index (Phi) is 4.18. The summed E-state index contributed by atoms with van der Waals surface area (Å²) >= 11 is 0. The van der Waals surface area contributed by atoms with Gasteiger partial charge in [-0.3, -0.25) is 4.79 Å². The lowest BCUT2D eigenvalue weighted by Gasteiger charge is -2.23. The van der Waals surface area contributed by atoms with Crippen LogP contribution in [-0.4, -0.2) is 38.5 Å². The number of rotatable bonds is 6. The van der Waals surface area contributed by atoms with Crippen molar-refractivity contribution < 1.29 is 23.7 Å². The predicted octanol–water partition coefficient (Wildman–Crippen LogP) is 2.18. The van der Waals surface area contributed by atoms with Crippen molar-refractivity contribution in [2.24, 2.45) is 0 Å². The highest BCUT2D eigenvalue weighted by molar-refractivity contribution is 5.80. The summed E-state index contributed by atoms with van der Waals surface area (Å²) in [4.78, 5) is 11.1. The molecule has 0 bridgehead atoms. The van der Waals surface area contributed by atoms with E-state index in [2.05, 4.69) is 0 Å². The van der Waals surface area contributed by atoms with Crippen molar-refractivity contribution in [1.29, 1.82) is 0 Å². The summed E-state index contributed by atoms with van der Waals surface area (Å²) in [6.45, 7) is 1.94. The van der Waals surface area contributed by atoms with Gasteiger partial charge in [-0.15, -0.1) is 0 Å². The molecule has 20 heavy (non-hydrogen) atoms. The Hall–Kier alpha value is -1.59. The van der Waals surface area contributed by atoms with E-state index in [1.165, 1.54) is 0 Å². The van der Waals surface area contributed by atoms with Crippen LogP contribution >= 0.6 is 0 Å². The molecule has 0 spiro atoms. The van der Waals surface area contributed by atoms with Gasteiger partial charge >= 0.3 is 0 Å². The predicted molar refractivity (Wildman–Crippen MR) is 71.3 cm³/mol. The van der Waals surface area contributed by atoms with Gasteiger partial charge in [0, 0.05) is 6.42 Å². The molecule has 0 amide bonds. The monoisotopic (exact) mass is 278 g/mol. The Labute approximate surface area is 117 Å². The number of ether oxygens (including phenoxy) is 4. The van der Waals surface area contributed by atoms with Gasteiger partial charge < -0.3 is 18.9 Å². The lowest BCUT2D eigenvalue weighted by atomic mass is 10.2. The zero-order valence-electron chi connectivity index (χ0n) is 11.2. The highest BCUT2D eigenvalue weighted by Gasteiger charge is 2.23. The van der Waals surface area contributed by atoms with Crippen molar-refractivity contribution in [2.45, 2.75) is 31.7 Å². The summed E-state index contributed by atoms with van der Waals surface area (Å²) < 4.78 is 21.9. The number of hydrogen-bond donors (Lipinski definition) is 0.